The van der Waals surface area contributed by atoms with Crippen LogP contribution in [0.3, 0.4) is 0 Å². The maximum atomic E-state index is 11.9. The Kier molecular flexibility index (Phi) is 6.97. The average Bonchev–Trinajstić information content (AvgIpc) is 2.70. The van der Waals surface area contributed by atoms with E-state index in [0.717, 1.165) is 17.8 Å². The normalized spacial score (nSPS) is 12.1. The number of hydrogen-bond acceptors (Lipinski definition) is 4. The fourth-order valence-electron chi connectivity index (χ4n) is 1.59. The number of aryl methyl sites for hydroxylation is 1. The number of halogens is 3. The summed E-state index contributed by atoms with van der Waals surface area (Å²) in [6.07, 6.45) is -2.47. The third-order valence-electron chi connectivity index (χ3n) is 2.58. The lowest BCUT2D eigenvalue weighted by Crippen LogP contribution is -2.19. The standard InChI is InChI=1S/C12H20F3N3O2/c1-10-11(7-16-3-5-19-2)8-18(17-10)4-6-20-9-12(13,14)15/h8,16H,3-7,9H2,1-2H3. The summed E-state index contributed by atoms with van der Waals surface area (Å²) in [4.78, 5) is 0. The fraction of sp³-hybridized carbons (Fsp3) is 0.750. The van der Waals surface area contributed by atoms with Crippen LogP contribution in [0.2, 0.25) is 0 Å². The second-order valence-corrected chi connectivity index (χ2v) is 4.34. The number of rotatable bonds is 9. The van der Waals surface area contributed by atoms with Gasteiger partial charge < -0.3 is 14.8 Å². The molecule has 1 rings (SSSR count). The van der Waals surface area contributed by atoms with E-state index in [0.29, 0.717) is 19.7 Å². The molecule has 116 valence electrons. The molecule has 0 spiro atoms. The minimum absolute atomic E-state index is 0.0167. The lowest BCUT2D eigenvalue weighted by Gasteiger charge is -2.07. The van der Waals surface area contributed by atoms with Crippen molar-refractivity contribution >= 4 is 0 Å². The predicted molar refractivity (Wildman–Crippen MR) is 67.4 cm³/mol. The molecule has 0 aliphatic carbocycles. The molecule has 0 unspecified atom stereocenters. The Bertz CT molecular complexity index is 394. The second-order valence-electron chi connectivity index (χ2n) is 4.34. The van der Waals surface area contributed by atoms with Crippen LogP contribution in [-0.2, 0) is 22.6 Å². The van der Waals surface area contributed by atoms with Crippen LogP contribution in [0, 0.1) is 6.92 Å². The molecule has 0 aromatic carbocycles. The van der Waals surface area contributed by atoms with Gasteiger partial charge in [0.1, 0.15) is 6.61 Å². The lowest BCUT2D eigenvalue weighted by atomic mass is 10.2. The van der Waals surface area contributed by atoms with Crippen LogP contribution in [-0.4, -0.2) is 49.4 Å². The Morgan fingerprint density at radius 1 is 1.35 bits per heavy atom. The summed E-state index contributed by atoms with van der Waals surface area (Å²) in [5, 5.41) is 7.41. The molecule has 1 heterocycles. The Morgan fingerprint density at radius 2 is 2.10 bits per heavy atom. The number of alkyl halides is 3. The quantitative estimate of drug-likeness (QED) is 0.702. The smallest absolute Gasteiger partial charge is 0.383 e. The number of nitrogens with one attached hydrogen (secondary N) is 1. The number of nitrogens with zero attached hydrogens (tertiary/aromatic N) is 2. The fourth-order valence-corrected chi connectivity index (χ4v) is 1.59. The molecule has 8 heteroatoms. The Morgan fingerprint density at radius 3 is 2.75 bits per heavy atom. The minimum Gasteiger partial charge on any atom is -0.383 e. The largest absolute Gasteiger partial charge is 0.411 e. The summed E-state index contributed by atoms with van der Waals surface area (Å²) in [5.41, 5.74) is 1.86. The van der Waals surface area contributed by atoms with E-state index in [9.17, 15) is 13.2 Å². The van der Waals surface area contributed by atoms with Gasteiger partial charge in [-0.05, 0) is 6.92 Å². The van der Waals surface area contributed by atoms with E-state index in [1.165, 1.54) is 0 Å². The SMILES string of the molecule is COCCNCc1cn(CCOCC(F)(F)F)nc1C. The highest BCUT2D eigenvalue weighted by Crippen LogP contribution is 2.14. The topological polar surface area (TPSA) is 48.3 Å². The number of methoxy groups -OCH3 is 1. The number of hydrogen-bond donors (Lipinski definition) is 1. The van der Waals surface area contributed by atoms with Crippen molar-refractivity contribution in [2.24, 2.45) is 0 Å². The summed E-state index contributed by atoms with van der Waals surface area (Å²) in [7, 11) is 1.63. The summed E-state index contributed by atoms with van der Waals surface area (Å²) in [6, 6.07) is 0. The summed E-state index contributed by atoms with van der Waals surface area (Å²) >= 11 is 0. The number of aromatic nitrogens is 2. The van der Waals surface area contributed by atoms with E-state index in [4.69, 9.17) is 4.74 Å². The van der Waals surface area contributed by atoms with Gasteiger partial charge in [-0.15, -0.1) is 0 Å². The van der Waals surface area contributed by atoms with Crippen LogP contribution in [0.1, 0.15) is 11.3 Å². The molecule has 1 aromatic heterocycles. The van der Waals surface area contributed by atoms with Crippen molar-refractivity contribution in [3.8, 4) is 0 Å². The van der Waals surface area contributed by atoms with Gasteiger partial charge in [-0.2, -0.15) is 18.3 Å². The van der Waals surface area contributed by atoms with E-state index >= 15 is 0 Å². The van der Waals surface area contributed by atoms with Gasteiger partial charge in [0.05, 0.1) is 25.5 Å². The monoisotopic (exact) mass is 295 g/mol. The summed E-state index contributed by atoms with van der Waals surface area (Å²) < 4.78 is 46.7. The molecule has 0 radical (unpaired) electrons. The van der Waals surface area contributed by atoms with Gasteiger partial charge in [-0.3, -0.25) is 4.68 Å². The molecule has 0 fully saturated rings. The summed E-state index contributed by atoms with van der Waals surface area (Å²) in [6.45, 7) is 2.93. The molecule has 1 N–H and O–H groups in total. The third-order valence-corrected chi connectivity index (χ3v) is 2.58. The highest BCUT2D eigenvalue weighted by atomic mass is 19.4. The zero-order valence-corrected chi connectivity index (χ0v) is 11.7. The first-order valence-corrected chi connectivity index (χ1v) is 6.29. The Balaban J connectivity index is 2.30. The van der Waals surface area contributed by atoms with Crippen molar-refractivity contribution in [3.05, 3.63) is 17.5 Å². The van der Waals surface area contributed by atoms with Gasteiger partial charge in [-0.25, -0.2) is 0 Å². The molecule has 0 bridgehead atoms. The molecule has 5 nitrogen and oxygen atoms in total. The maximum absolute atomic E-state index is 11.9. The molecule has 1 aromatic rings. The van der Waals surface area contributed by atoms with E-state index in [1.54, 1.807) is 11.8 Å². The van der Waals surface area contributed by atoms with Crippen LogP contribution >= 0.6 is 0 Å². The molecular formula is C12H20F3N3O2. The molecule has 0 saturated heterocycles. The maximum Gasteiger partial charge on any atom is 0.411 e. The molecule has 0 atom stereocenters. The zero-order chi connectivity index (χ0) is 15.0. The van der Waals surface area contributed by atoms with E-state index in [2.05, 4.69) is 15.2 Å². The highest BCUT2D eigenvalue weighted by molar-refractivity contribution is 5.14. The second kappa shape index (κ2) is 8.23. The van der Waals surface area contributed by atoms with Gasteiger partial charge in [0.25, 0.3) is 0 Å². The average molecular weight is 295 g/mol. The van der Waals surface area contributed by atoms with Crippen LogP contribution in [0.5, 0.6) is 0 Å². The third kappa shape index (κ3) is 6.88. The van der Waals surface area contributed by atoms with Crippen LogP contribution in [0.4, 0.5) is 13.2 Å². The molecular weight excluding hydrogens is 275 g/mol. The minimum atomic E-state index is -4.28. The Labute approximate surface area is 116 Å². The first-order valence-electron chi connectivity index (χ1n) is 6.29. The van der Waals surface area contributed by atoms with Gasteiger partial charge in [-0.1, -0.05) is 0 Å². The first kappa shape index (κ1) is 16.9. The van der Waals surface area contributed by atoms with E-state index in [1.807, 2.05) is 13.1 Å². The van der Waals surface area contributed by atoms with Crippen LogP contribution in [0.25, 0.3) is 0 Å². The molecule has 20 heavy (non-hydrogen) atoms. The van der Waals surface area contributed by atoms with Crippen molar-refractivity contribution in [2.45, 2.75) is 26.2 Å². The van der Waals surface area contributed by atoms with Crippen molar-refractivity contribution in [2.75, 3.05) is 33.5 Å². The number of ether oxygens (including phenoxy) is 2. The predicted octanol–water partition coefficient (Wildman–Crippen LogP) is 1.51. The van der Waals surface area contributed by atoms with Crippen LogP contribution in [0.15, 0.2) is 6.20 Å². The van der Waals surface area contributed by atoms with Crippen LogP contribution < -0.4 is 5.32 Å². The van der Waals surface area contributed by atoms with Gasteiger partial charge in [0.15, 0.2) is 0 Å². The van der Waals surface area contributed by atoms with E-state index in [-0.39, 0.29) is 6.61 Å². The van der Waals surface area contributed by atoms with Crippen molar-refractivity contribution in [1.29, 1.82) is 0 Å². The molecule has 0 amide bonds. The molecule has 0 aliphatic rings. The van der Waals surface area contributed by atoms with Crippen molar-refractivity contribution < 1.29 is 22.6 Å². The highest BCUT2D eigenvalue weighted by Gasteiger charge is 2.27. The summed E-state index contributed by atoms with van der Waals surface area (Å²) in [5.74, 6) is 0. The first-order chi connectivity index (χ1) is 9.42. The van der Waals surface area contributed by atoms with Crippen molar-refractivity contribution in [3.63, 3.8) is 0 Å². The van der Waals surface area contributed by atoms with Crippen molar-refractivity contribution in [1.82, 2.24) is 15.1 Å². The zero-order valence-electron chi connectivity index (χ0n) is 11.7. The Hall–Kier alpha value is -1.12. The van der Waals surface area contributed by atoms with Gasteiger partial charge in [0.2, 0.25) is 0 Å². The van der Waals surface area contributed by atoms with Gasteiger partial charge in [0, 0.05) is 32.0 Å². The van der Waals surface area contributed by atoms with E-state index < -0.39 is 12.8 Å². The molecule has 0 aliphatic heterocycles. The lowest BCUT2D eigenvalue weighted by molar-refractivity contribution is -0.174. The van der Waals surface area contributed by atoms with Gasteiger partial charge >= 0.3 is 6.18 Å². The molecule has 0 saturated carbocycles.